The lowest BCUT2D eigenvalue weighted by Gasteiger charge is -2.05. The molecule has 0 aromatic heterocycles. The lowest BCUT2D eigenvalue weighted by Crippen LogP contribution is -2.03. The fourth-order valence-corrected chi connectivity index (χ4v) is 1.81. The van der Waals surface area contributed by atoms with Crippen molar-refractivity contribution >= 4 is 11.8 Å². The number of aliphatic carboxylic acids is 1. The largest absolute Gasteiger partial charge is 0.481 e. The molecule has 0 aliphatic heterocycles. The van der Waals surface area contributed by atoms with Gasteiger partial charge in [0.05, 0.1) is 6.42 Å². The average molecular weight is 182 g/mol. The molecule has 1 N–H and O–H groups in total. The molecule has 1 aliphatic carbocycles. The van der Waals surface area contributed by atoms with Crippen LogP contribution in [0.5, 0.6) is 0 Å². The molecule has 0 saturated carbocycles. The zero-order chi connectivity index (χ0) is 10.0. The first-order chi connectivity index (χ1) is 6.06. The van der Waals surface area contributed by atoms with Gasteiger partial charge < -0.3 is 5.11 Å². The molecule has 13 heavy (non-hydrogen) atoms. The number of allylic oxidation sites excluding steroid dienone is 1. The van der Waals surface area contributed by atoms with Gasteiger partial charge in [-0.05, 0) is 19.3 Å². The number of rotatable bonds is 3. The molecule has 0 heterocycles. The van der Waals surface area contributed by atoms with E-state index in [9.17, 15) is 9.59 Å². The van der Waals surface area contributed by atoms with Gasteiger partial charge in [0.15, 0.2) is 5.78 Å². The van der Waals surface area contributed by atoms with Crippen LogP contribution in [0.15, 0.2) is 11.1 Å². The van der Waals surface area contributed by atoms with Gasteiger partial charge in [-0.25, -0.2) is 0 Å². The van der Waals surface area contributed by atoms with Gasteiger partial charge in [0, 0.05) is 12.0 Å². The summed E-state index contributed by atoms with van der Waals surface area (Å²) >= 11 is 0. The fourth-order valence-electron chi connectivity index (χ4n) is 1.81. The Kier molecular flexibility index (Phi) is 2.86. The summed E-state index contributed by atoms with van der Waals surface area (Å²) in [5.41, 5.74) is 1.51. The number of ketones is 1. The van der Waals surface area contributed by atoms with Crippen LogP contribution in [0.1, 0.15) is 33.1 Å². The van der Waals surface area contributed by atoms with E-state index in [1.54, 1.807) is 0 Å². The summed E-state index contributed by atoms with van der Waals surface area (Å²) in [7, 11) is 0. The van der Waals surface area contributed by atoms with E-state index in [1.165, 1.54) is 0 Å². The average Bonchev–Trinajstić information content (AvgIpc) is 2.31. The third kappa shape index (κ3) is 1.97. The smallest absolute Gasteiger partial charge is 0.307 e. The van der Waals surface area contributed by atoms with Crippen LogP contribution in [0.4, 0.5) is 0 Å². The maximum Gasteiger partial charge on any atom is 0.307 e. The van der Waals surface area contributed by atoms with Crippen LogP contribution in [0, 0.1) is 5.92 Å². The van der Waals surface area contributed by atoms with E-state index in [1.807, 2.05) is 13.8 Å². The van der Waals surface area contributed by atoms with Gasteiger partial charge in [0.1, 0.15) is 0 Å². The van der Waals surface area contributed by atoms with Crippen molar-refractivity contribution in [2.24, 2.45) is 5.92 Å². The van der Waals surface area contributed by atoms with Crippen LogP contribution in [0.3, 0.4) is 0 Å². The van der Waals surface area contributed by atoms with E-state index < -0.39 is 5.97 Å². The van der Waals surface area contributed by atoms with Crippen molar-refractivity contribution in [1.29, 1.82) is 0 Å². The topological polar surface area (TPSA) is 54.4 Å². The Morgan fingerprint density at radius 3 is 2.62 bits per heavy atom. The molecule has 0 aromatic rings. The van der Waals surface area contributed by atoms with E-state index in [2.05, 4.69) is 0 Å². The molecule has 0 saturated heterocycles. The van der Waals surface area contributed by atoms with Gasteiger partial charge in [-0.3, -0.25) is 9.59 Å². The van der Waals surface area contributed by atoms with Gasteiger partial charge in [0.25, 0.3) is 0 Å². The number of hydrogen-bond donors (Lipinski definition) is 1. The quantitative estimate of drug-likeness (QED) is 0.723. The first-order valence-electron chi connectivity index (χ1n) is 4.50. The highest BCUT2D eigenvalue weighted by atomic mass is 16.4. The zero-order valence-electron chi connectivity index (χ0n) is 7.96. The molecule has 0 fully saturated rings. The highest BCUT2D eigenvalue weighted by Crippen LogP contribution is 2.32. The van der Waals surface area contributed by atoms with Crippen LogP contribution in [0.2, 0.25) is 0 Å². The molecule has 0 spiro atoms. The predicted octanol–water partition coefficient (Wildman–Crippen LogP) is 1.78. The van der Waals surface area contributed by atoms with E-state index in [-0.39, 0.29) is 18.1 Å². The second-order valence-corrected chi connectivity index (χ2v) is 3.46. The van der Waals surface area contributed by atoms with E-state index >= 15 is 0 Å². The van der Waals surface area contributed by atoms with Crippen LogP contribution < -0.4 is 0 Å². The second-order valence-electron chi connectivity index (χ2n) is 3.46. The van der Waals surface area contributed by atoms with E-state index in [0.717, 1.165) is 12.0 Å². The van der Waals surface area contributed by atoms with Crippen LogP contribution in [0.25, 0.3) is 0 Å². The van der Waals surface area contributed by atoms with Crippen molar-refractivity contribution in [3.63, 3.8) is 0 Å². The number of carbonyl (C=O) groups excluding carboxylic acids is 1. The lowest BCUT2D eigenvalue weighted by molar-refractivity contribution is -0.136. The summed E-state index contributed by atoms with van der Waals surface area (Å²) in [5.74, 6) is -0.618. The molecular formula is C10H14O3. The van der Waals surface area contributed by atoms with Gasteiger partial charge >= 0.3 is 5.97 Å². The van der Waals surface area contributed by atoms with E-state index in [4.69, 9.17) is 5.11 Å². The van der Waals surface area contributed by atoms with Crippen molar-refractivity contribution in [2.75, 3.05) is 0 Å². The maximum absolute atomic E-state index is 11.4. The number of Topliss-reactive ketones (excluding diaryl/α,β-unsaturated/α-hetero) is 1. The normalized spacial score (nSPS) is 22.6. The molecule has 1 unspecified atom stereocenters. The zero-order valence-corrected chi connectivity index (χ0v) is 7.96. The summed E-state index contributed by atoms with van der Waals surface area (Å²) in [6.45, 7) is 3.89. The van der Waals surface area contributed by atoms with Gasteiger partial charge in [-0.15, -0.1) is 0 Å². The van der Waals surface area contributed by atoms with Crippen molar-refractivity contribution < 1.29 is 14.7 Å². The molecule has 72 valence electrons. The summed E-state index contributed by atoms with van der Waals surface area (Å²) in [5, 5.41) is 8.58. The minimum Gasteiger partial charge on any atom is -0.481 e. The number of hydrogen-bond acceptors (Lipinski definition) is 2. The fraction of sp³-hybridized carbons (Fsp3) is 0.600. The summed E-state index contributed by atoms with van der Waals surface area (Å²) in [6, 6.07) is 0. The summed E-state index contributed by atoms with van der Waals surface area (Å²) < 4.78 is 0. The Hall–Kier alpha value is -1.12. The van der Waals surface area contributed by atoms with Crippen LogP contribution in [-0.2, 0) is 9.59 Å². The Labute approximate surface area is 77.4 Å². The maximum atomic E-state index is 11.4. The molecule has 3 nitrogen and oxygen atoms in total. The first kappa shape index (κ1) is 9.96. The van der Waals surface area contributed by atoms with Gasteiger partial charge in [-0.2, -0.15) is 0 Å². The van der Waals surface area contributed by atoms with Gasteiger partial charge in [0.2, 0.25) is 0 Å². The van der Waals surface area contributed by atoms with Crippen molar-refractivity contribution in [3.05, 3.63) is 11.1 Å². The minimum absolute atomic E-state index is 0.0201. The van der Waals surface area contributed by atoms with Gasteiger partial charge in [-0.1, -0.05) is 12.5 Å². The van der Waals surface area contributed by atoms with Crippen molar-refractivity contribution in [3.8, 4) is 0 Å². The highest BCUT2D eigenvalue weighted by Gasteiger charge is 2.29. The Morgan fingerprint density at radius 2 is 2.23 bits per heavy atom. The molecule has 0 amide bonds. The Morgan fingerprint density at radius 1 is 1.62 bits per heavy atom. The molecule has 3 heteroatoms. The summed E-state index contributed by atoms with van der Waals surface area (Å²) in [4.78, 5) is 21.8. The third-order valence-electron chi connectivity index (χ3n) is 2.68. The highest BCUT2D eigenvalue weighted by molar-refractivity contribution is 6.02. The van der Waals surface area contributed by atoms with Crippen molar-refractivity contribution in [2.45, 2.75) is 33.1 Å². The van der Waals surface area contributed by atoms with E-state index in [0.29, 0.717) is 12.0 Å². The SMILES string of the molecule is CCC1CC(=O)C(CC(=O)O)=C1C. The number of carboxylic acids is 1. The molecule has 0 radical (unpaired) electrons. The molecule has 1 aliphatic rings. The standard InChI is InChI=1S/C10H14O3/c1-3-7-4-9(11)8(6(7)2)5-10(12)13/h7H,3-5H2,1-2H3,(H,12,13). The monoisotopic (exact) mass is 182 g/mol. The van der Waals surface area contributed by atoms with Crippen LogP contribution in [-0.4, -0.2) is 16.9 Å². The van der Waals surface area contributed by atoms with Crippen molar-refractivity contribution in [1.82, 2.24) is 0 Å². The lowest BCUT2D eigenvalue weighted by atomic mass is 9.99. The number of carboxylic acid groups (broad SMARTS) is 1. The second kappa shape index (κ2) is 3.73. The molecule has 1 rings (SSSR count). The molecule has 0 aromatic carbocycles. The Balaban J connectivity index is 2.85. The third-order valence-corrected chi connectivity index (χ3v) is 2.68. The Bertz CT molecular complexity index is 276. The number of carbonyl (C=O) groups is 2. The first-order valence-corrected chi connectivity index (χ1v) is 4.50. The molecular weight excluding hydrogens is 168 g/mol. The summed E-state index contributed by atoms with van der Waals surface area (Å²) in [6.07, 6.45) is 1.31. The minimum atomic E-state index is -0.917. The molecule has 1 atom stereocenters. The van der Waals surface area contributed by atoms with Crippen LogP contribution >= 0.6 is 0 Å². The predicted molar refractivity (Wildman–Crippen MR) is 48.4 cm³/mol. The molecule has 0 bridgehead atoms.